The van der Waals surface area contributed by atoms with Gasteiger partial charge in [-0.15, -0.1) is 22.7 Å². The Kier molecular flexibility index (Phi) is 4.61. The molecule has 0 unspecified atom stereocenters. The molecule has 0 atom stereocenters. The van der Waals surface area contributed by atoms with Crippen LogP contribution in [0.5, 0.6) is 0 Å². The monoisotopic (exact) mass is 410 g/mol. The number of amides is 1. The molecule has 0 saturated heterocycles. The number of fused-ring (bicyclic) bond motifs is 3. The number of halogens is 1. The normalized spacial score (nSPS) is 16.4. The van der Waals surface area contributed by atoms with Crippen LogP contribution in [0.15, 0.2) is 46.8 Å². The SMILES string of the molecule is O=C1CN=C(c2cccs2)c2c(sc3c2CCCC3)N1Cc1ccc(F)cc1. The Morgan fingerprint density at radius 1 is 1.11 bits per heavy atom. The topological polar surface area (TPSA) is 32.7 Å². The van der Waals surface area contributed by atoms with Crippen molar-refractivity contribution < 1.29 is 9.18 Å². The number of carbonyl (C=O) groups is 1. The smallest absolute Gasteiger partial charge is 0.249 e. The first kappa shape index (κ1) is 17.8. The van der Waals surface area contributed by atoms with Gasteiger partial charge in [0.25, 0.3) is 0 Å². The van der Waals surface area contributed by atoms with Crippen LogP contribution in [0.1, 0.15) is 39.3 Å². The lowest BCUT2D eigenvalue weighted by atomic mass is 9.93. The number of hydrogen-bond donors (Lipinski definition) is 0. The highest BCUT2D eigenvalue weighted by Crippen LogP contribution is 2.43. The molecule has 1 amide bonds. The molecule has 142 valence electrons. The van der Waals surface area contributed by atoms with Gasteiger partial charge >= 0.3 is 0 Å². The van der Waals surface area contributed by atoms with Crippen molar-refractivity contribution in [1.29, 1.82) is 0 Å². The van der Waals surface area contributed by atoms with Crippen molar-refractivity contribution in [3.05, 3.63) is 74.0 Å². The number of anilines is 1. The first-order valence-electron chi connectivity index (χ1n) is 9.49. The highest BCUT2D eigenvalue weighted by atomic mass is 32.1. The molecule has 3 heterocycles. The molecule has 2 aliphatic rings. The van der Waals surface area contributed by atoms with Gasteiger partial charge in [0.15, 0.2) is 0 Å². The Morgan fingerprint density at radius 2 is 1.93 bits per heavy atom. The van der Waals surface area contributed by atoms with Crippen LogP contribution >= 0.6 is 22.7 Å². The van der Waals surface area contributed by atoms with Crippen molar-refractivity contribution in [2.75, 3.05) is 11.4 Å². The minimum absolute atomic E-state index is 0.00396. The maximum Gasteiger partial charge on any atom is 0.249 e. The Hall–Kier alpha value is -2.31. The van der Waals surface area contributed by atoms with Gasteiger partial charge in [-0.25, -0.2) is 4.39 Å². The van der Waals surface area contributed by atoms with E-state index in [1.165, 1.54) is 35.4 Å². The van der Waals surface area contributed by atoms with Crippen molar-refractivity contribution in [2.24, 2.45) is 4.99 Å². The van der Waals surface area contributed by atoms with Crippen LogP contribution in [-0.4, -0.2) is 18.2 Å². The second-order valence-electron chi connectivity index (χ2n) is 7.14. The molecule has 0 spiro atoms. The summed E-state index contributed by atoms with van der Waals surface area (Å²) in [6, 6.07) is 10.5. The standard InChI is InChI=1S/C22H19FN2OS2/c23-15-9-7-14(8-10-15)13-25-19(26)12-24-21(18-6-3-11-27-18)20-16-4-1-2-5-17(16)28-22(20)25/h3,6-11H,1-2,4-5,12-13H2. The molecule has 3 aromatic rings. The molecule has 0 saturated carbocycles. The van der Waals surface area contributed by atoms with E-state index in [1.54, 1.807) is 34.8 Å². The minimum Gasteiger partial charge on any atom is -0.297 e. The highest BCUT2D eigenvalue weighted by Gasteiger charge is 2.32. The fraction of sp³-hybridized carbons (Fsp3) is 0.273. The zero-order chi connectivity index (χ0) is 19.1. The van der Waals surface area contributed by atoms with Crippen LogP contribution in [0.3, 0.4) is 0 Å². The summed E-state index contributed by atoms with van der Waals surface area (Å²) < 4.78 is 13.3. The molecule has 1 aliphatic carbocycles. The van der Waals surface area contributed by atoms with Gasteiger partial charge in [0.05, 0.1) is 17.1 Å². The van der Waals surface area contributed by atoms with E-state index in [0.29, 0.717) is 6.54 Å². The largest absolute Gasteiger partial charge is 0.297 e. The van der Waals surface area contributed by atoms with Crippen molar-refractivity contribution in [3.63, 3.8) is 0 Å². The minimum atomic E-state index is -0.262. The average molecular weight is 411 g/mol. The molecule has 2 aromatic heterocycles. The molecule has 0 bridgehead atoms. The lowest BCUT2D eigenvalue weighted by molar-refractivity contribution is -0.117. The quantitative estimate of drug-likeness (QED) is 0.583. The van der Waals surface area contributed by atoms with Gasteiger partial charge in [0.1, 0.15) is 17.4 Å². The van der Waals surface area contributed by atoms with E-state index < -0.39 is 0 Å². The number of rotatable bonds is 3. The molecule has 0 N–H and O–H groups in total. The van der Waals surface area contributed by atoms with Crippen LogP contribution in [0.4, 0.5) is 9.39 Å². The van der Waals surface area contributed by atoms with Crippen molar-refractivity contribution in [3.8, 4) is 0 Å². The highest BCUT2D eigenvalue weighted by molar-refractivity contribution is 7.17. The summed E-state index contributed by atoms with van der Waals surface area (Å²) in [6.45, 7) is 0.587. The van der Waals surface area contributed by atoms with E-state index in [9.17, 15) is 9.18 Å². The molecule has 6 heteroatoms. The summed E-state index contributed by atoms with van der Waals surface area (Å²) in [4.78, 5) is 22.1. The number of aliphatic imine (C=N–C) groups is 1. The van der Waals surface area contributed by atoms with E-state index in [1.807, 2.05) is 11.0 Å². The molecule has 0 radical (unpaired) electrons. The summed E-state index contributed by atoms with van der Waals surface area (Å²) in [5, 5.41) is 3.06. The van der Waals surface area contributed by atoms with E-state index in [2.05, 4.69) is 11.4 Å². The summed E-state index contributed by atoms with van der Waals surface area (Å²) in [7, 11) is 0. The number of nitrogens with zero attached hydrogens (tertiary/aromatic N) is 2. The van der Waals surface area contributed by atoms with Gasteiger partial charge in [0, 0.05) is 10.4 Å². The Morgan fingerprint density at radius 3 is 2.71 bits per heavy atom. The van der Waals surface area contributed by atoms with Crippen LogP contribution < -0.4 is 4.90 Å². The third-order valence-electron chi connectivity index (χ3n) is 5.32. The van der Waals surface area contributed by atoms with Gasteiger partial charge in [-0.1, -0.05) is 18.2 Å². The predicted molar refractivity (Wildman–Crippen MR) is 113 cm³/mol. The number of carbonyl (C=O) groups excluding carboxylic acids is 1. The maximum absolute atomic E-state index is 13.3. The van der Waals surface area contributed by atoms with Crippen LogP contribution in [0, 0.1) is 5.82 Å². The molecule has 5 rings (SSSR count). The van der Waals surface area contributed by atoms with Gasteiger partial charge in [-0.2, -0.15) is 0 Å². The molecule has 28 heavy (non-hydrogen) atoms. The number of thiophene rings is 2. The molecule has 1 aromatic carbocycles. The summed E-state index contributed by atoms with van der Waals surface area (Å²) in [6.07, 6.45) is 4.50. The fourth-order valence-electron chi connectivity index (χ4n) is 3.96. The Balaban J connectivity index is 1.64. The molecular weight excluding hydrogens is 391 g/mol. The summed E-state index contributed by atoms with van der Waals surface area (Å²) in [5.74, 6) is -0.266. The van der Waals surface area contributed by atoms with E-state index in [4.69, 9.17) is 4.99 Å². The van der Waals surface area contributed by atoms with Crippen molar-refractivity contribution in [1.82, 2.24) is 0 Å². The first-order valence-corrected chi connectivity index (χ1v) is 11.2. The predicted octanol–water partition coefficient (Wildman–Crippen LogP) is 5.21. The molecular formula is C22H19FN2OS2. The van der Waals surface area contributed by atoms with Gasteiger partial charge < -0.3 is 0 Å². The average Bonchev–Trinajstić information content (AvgIpc) is 3.34. The van der Waals surface area contributed by atoms with E-state index in [-0.39, 0.29) is 18.3 Å². The Labute approximate surface area is 171 Å². The number of hydrogen-bond acceptors (Lipinski definition) is 4. The molecule has 1 aliphatic heterocycles. The Bertz CT molecular complexity index is 1050. The zero-order valence-corrected chi connectivity index (χ0v) is 16.9. The van der Waals surface area contributed by atoms with Crippen LogP contribution in [0.2, 0.25) is 0 Å². The van der Waals surface area contributed by atoms with Gasteiger partial charge in [-0.3, -0.25) is 14.7 Å². The lowest BCUT2D eigenvalue weighted by Crippen LogP contribution is -2.31. The number of aryl methyl sites for hydroxylation is 1. The summed E-state index contributed by atoms with van der Waals surface area (Å²) >= 11 is 3.41. The van der Waals surface area contributed by atoms with E-state index in [0.717, 1.165) is 39.6 Å². The van der Waals surface area contributed by atoms with Gasteiger partial charge in [0.2, 0.25) is 5.91 Å². The van der Waals surface area contributed by atoms with Gasteiger partial charge in [-0.05, 0) is 60.4 Å². The fourth-order valence-corrected chi connectivity index (χ4v) is 6.10. The second-order valence-corrected chi connectivity index (χ2v) is 9.17. The third kappa shape index (κ3) is 3.10. The van der Waals surface area contributed by atoms with Crippen molar-refractivity contribution >= 4 is 39.3 Å². The second kappa shape index (κ2) is 7.26. The van der Waals surface area contributed by atoms with E-state index >= 15 is 0 Å². The van der Waals surface area contributed by atoms with Crippen LogP contribution in [0.25, 0.3) is 0 Å². The zero-order valence-electron chi connectivity index (χ0n) is 15.3. The maximum atomic E-state index is 13.3. The first-order chi connectivity index (χ1) is 13.7. The molecule has 0 fully saturated rings. The molecule has 3 nitrogen and oxygen atoms in total. The van der Waals surface area contributed by atoms with Crippen LogP contribution in [-0.2, 0) is 24.2 Å². The third-order valence-corrected chi connectivity index (χ3v) is 7.51. The number of benzene rings is 1. The summed E-state index contributed by atoms with van der Waals surface area (Å²) in [5.41, 5.74) is 4.40. The lowest BCUT2D eigenvalue weighted by Gasteiger charge is -2.21. The van der Waals surface area contributed by atoms with Crippen molar-refractivity contribution in [2.45, 2.75) is 32.2 Å².